The Hall–Kier alpha value is -3.48. The van der Waals surface area contributed by atoms with Crippen LogP contribution in [-0.4, -0.2) is 36.7 Å². The van der Waals surface area contributed by atoms with Gasteiger partial charge < -0.3 is 23.6 Å². The van der Waals surface area contributed by atoms with Crippen molar-refractivity contribution < 1.29 is 23.5 Å². The molecule has 1 aliphatic heterocycles. The largest absolute Gasteiger partial charge is 0.493 e. The van der Waals surface area contributed by atoms with Crippen molar-refractivity contribution in [1.29, 1.82) is 0 Å². The highest BCUT2D eigenvalue weighted by molar-refractivity contribution is 5.91. The number of carbonyl (C=O) groups is 1. The summed E-state index contributed by atoms with van der Waals surface area (Å²) in [6, 6.07) is 15.2. The van der Waals surface area contributed by atoms with Crippen molar-refractivity contribution >= 4 is 5.91 Å². The number of benzene rings is 2. The van der Waals surface area contributed by atoms with Crippen molar-refractivity contribution in [3.8, 4) is 17.4 Å². The Morgan fingerprint density at radius 2 is 1.79 bits per heavy atom. The summed E-state index contributed by atoms with van der Waals surface area (Å²) in [6.07, 6.45) is 0.729. The number of rotatable bonds is 6. The molecule has 0 atom stereocenters. The Labute approximate surface area is 168 Å². The molecule has 0 fully saturated rings. The highest BCUT2D eigenvalue weighted by atomic mass is 16.5. The van der Waals surface area contributed by atoms with Crippen LogP contribution in [0.2, 0.25) is 0 Å². The van der Waals surface area contributed by atoms with Crippen molar-refractivity contribution in [2.24, 2.45) is 0 Å². The molecule has 0 unspecified atom stereocenters. The minimum absolute atomic E-state index is 0.164. The molecule has 0 spiro atoms. The topological polar surface area (TPSA) is 74.0 Å². The molecule has 3 aromatic rings. The molecular formula is C22H22N2O5. The van der Waals surface area contributed by atoms with Crippen LogP contribution in [0.1, 0.15) is 27.2 Å². The average Bonchev–Trinajstić information content (AvgIpc) is 3.25. The second kappa shape index (κ2) is 8.26. The van der Waals surface area contributed by atoms with Gasteiger partial charge in [0.1, 0.15) is 6.61 Å². The van der Waals surface area contributed by atoms with E-state index < -0.39 is 0 Å². The van der Waals surface area contributed by atoms with Crippen LogP contribution in [0.3, 0.4) is 0 Å². The van der Waals surface area contributed by atoms with Gasteiger partial charge in [0, 0.05) is 13.1 Å². The zero-order valence-electron chi connectivity index (χ0n) is 16.4. The summed E-state index contributed by atoms with van der Waals surface area (Å²) in [5, 5.41) is 3.86. The maximum Gasteiger partial charge on any atom is 0.292 e. The smallest absolute Gasteiger partial charge is 0.292 e. The van der Waals surface area contributed by atoms with Gasteiger partial charge in [-0.2, -0.15) is 0 Å². The lowest BCUT2D eigenvalue weighted by Gasteiger charge is -2.28. The molecule has 1 amide bonds. The normalized spacial score (nSPS) is 13.0. The molecule has 1 aromatic heterocycles. The summed E-state index contributed by atoms with van der Waals surface area (Å²) in [6.45, 7) is 1.41. The van der Waals surface area contributed by atoms with E-state index in [0.29, 0.717) is 37.1 Å². The van der Waals surface area contributed by atoms with E-state index in [4.69, 9.17) is 18.7 Å². The summed E-state index contributed by atoms with van der Waals surface area (Å²) in [5.41, 5.74) is 3.19. The van der Waals surface area contributed by atoms with Gasteiger partial charge in [-0.25, -0.2) is 0 Å². The van der Waals surface area contributed by atoms with Gasteiger partial charge in [-0.1, -0.05) is 30.3 Å². The van der Waals surface area contributed by atoms with E-state index in [9.17, 15) is 4.79 Å². The van der Waals surface area contributed by atoms with Crippen molar-refractivity contribution in [2.75, 3.05) is 20.8 Å². The summed E-state index contributed by atoms with van der Waals surface area (Å²) >= 11 is 0. The summed E-state index contributed by atoms with van der Waals surface area (Å²) in [4.78, 5) is 14.6. The number of fused-ring (bicyclic) bond motifs is 1. The molecule has 150 valence electrons. The van der Waals surface area contributed by atoms with E-state index in [2.05, 4.69) is 5.16 Å². The Bertz CT molecular complexity index is 1000. The van der Waals surface area contributed by atoms with Gasteiger partial charge in [-0.3, -0.25) is 4.79 Å². The van der Waals surface area contributed by atoms with Crippen LogP contribution in [-0.2, 0) is 19.6 Å². The molecule has 7 nitrogen and oxygen atoms in total. The zero-order chi connectivity index (χ0) is 20.2. The highest BCUT2D eigenvalue weighted by Crippen LogP contribution is 2.33. The number of nitrogens with zero attached hydrogens (tertiary/aromatic N) is 2. The summed E-state index contributed by atoms with van der Waals surface area (Å²) < 4.78 is 21.6. The molecule has 0 bridgehead atoms. The van der Waals surface area contributed by atoms with Crippen LogP contribution in [0, 0.1) is 0 Å². The first-order chi connectivity index (χ1) is 14.2. The minimum Gasteiger partial charge on any atom is -0.493 e. The lowest BCUT2D eigenvalue weighted by Crippen LogP contribution is -2.35. The molecule has 4 rings (SSSR count). The molecule has 0 N–H and O–H groups in total. The standard InChI is InChI=1S/C22H22N2O5/c1-26-18-10-16-8-9-24(13-17(16)11-19(18)27-2)22(25)20-12-21(23-29-20)28-14-15-6-4-3-5-7-15/h3-7,10-12H,8-9,13-14H2,1-2H3. The second-order valence-corrected chi connectivity index (χ2v) is 6.76. The number of ether oxygens (including phenoxy) is 3. The Morgan fingerprint density at radius 1 is 1.07 bits per heavy atom. The molecule has 0 radical (unpaired) electrons. The molecule has 2 aromatic carbocycles. The molecular weight excluding hydrogens is 372 g/mol. The van der Waals surface area contributed by atoms with Gasteiger partial charge >= 0.3 is 0 Å². The van der Waals surface area contributed by atoms with Crippen LogP contribution in [0.4, 0.5) is 0 Å². The van der Waals surface area contributed by atoms with Crippen LogP contribution in [0.5, 0.6) is 17.4 Å². The number of methoxy groups -OCH3 is 2. The molecule has 7 heteroatoms. The third-order valence-corrected chi connectivity index (χ3v) is 4.93. The number of aromatic nitrogens is 1. The Balaban J connectivity index is 1.43. The zero-order valence-corrected chi connectivity index (χ0v) is 16.4. The van der Waals surface area contributed by atoms with Gasteiger partial charge in [0.15, 0.2) is 11.5 Å². The molecule has 0 saturated heterocycles. The quantitative estimate of drug-likeness (QED) is 0.637. The Kier molecular flexibility index (Phi) is 5.37. The van der Waals surface area contributed by atoms with Crippen LogP contribution >= 0.6 is 0 Å². The fourth-order valence-electron chi connectivity index (χ4n) is 3.37. The molecule has 1 aliphatic rings. The number of carbonyl (C=O) groups excluding carboxylic acids is 1. The monoisotopic (exact) mass is 394 g/mol. The van der Waals surface area contributed by atoms with Crippen LogP contribution < -0.4 is 14.2 Å². The van der Waals surface area contributed by atoms with E-state index in [-0.39, 0.29) is 11.7 Å². The molecule has 29 heavy (non-hydrogen) atoms. The summed E-state index contributed by atoms with van der Waals surface area (Å²) in [7, 11) is 3.21. The van der Waals surface area contributed by atoms with Crippen molar-refractivity contribution in [3.63, 3.8) is 0 Å². The van der Waals surface area contributed by atoms with E-state index in [1.807, 2.05) is 42.5 Å². The third kappa shape index (κ3) is 4.03. The van der Waals surface area contributed by atoms with Gasteiger partial charge in [0.05, 0.1) is 20.3 Å². The van der Waals surface area contributed by atoms with Crippen molar-refractivity contribution in [2.45, 2.75) is 19.6 Å². The fourth-order valence-corrected chi connectivity index (χ4v) is 3.37. The second-order valence-electron chi connectivity index (χ2n) is 6.76. The van der Waals surface area contributed by atoms with Gasteiger partial charge in [-0.15, -0.1) is 0 Å². The Morgan fingerprint density at radius 3 is 2.52 bits per heavy atom. The van der Waals surface area contributed by atoms with Gasteiger partial charge in [-0.05, 0) is 40.4 Å². The first-order valence-corrected chi connectivity index (χ1v) is 9.34. The first-order valence-electron chi connectivity index (χ1n) is 9.34. The molecule has 0 saturated carbocycles. The molecule has 2 heterocycles. The first kappa shape index (κ1) is 18.9. The van der Waals surface area contributed by atoms with Crippen LogP contribution in [0.15, 0.2) is 53.1 Å². The minimum atomic E-state index is -0.215. The average molecular weight is 394 g/mol. The van der Waals surface area contributed by atoms with Crippen molar-refractivity contribution in [1.82, 2.24) is 10.1 Å². The van der Waals surface area contributed by atoms with Crippen molar-refractivity contribution in [3.05, 3.63) is 71.0 Å². The van der Waals surface area contributed by atoms with E-state index >= 15 is 0 Å². The van der Waals surface area contributed by atoms with E-state index in [0.717, 1.165) is 23.1 Å². The predicted molar refractivity (Wildman–Crippen MR) is 105 cm³/mol. The number of amides is 1. The van der Waals surface area contributed by atoms with Gasteiger partial charge in [0.2, 0.25) is 5.76 Å². The molecule has 0 aliphatic carbocycles. The number of hydrogen-bond acceptors (Lipinski definition) is 6. The lowest BCUT2D eigenvalue weighted by atomic mass is 9.98. The fraction of sp³-hybridized carbons (Fsp3) is 0.273. The SMILES string of the molecule is COc1cc2c(cc1OC)CN(C(=O)c1cc(OCc3ccccc3)no1)CC2. The number of hydrogen-bond donors (Lipinski definition) is 0. The van der Waals surface area contributed by atoms with Gasteiger partial charge in [0.25, 0.3) is 11.8 Å². The van der Waals surface area contributed by atoms with E-state index in [1.54, 1.807) is 19.1 Å². The maximum absolute atomic E-state index is 12.9. The maximum atomic E-state index is 12.9. The lowest BCUT2D eigenvalue weighted by molar-refractivity contribution is 0.0691. The predicted octanol–water partition coefficient (Wildman–Crippen LogP) is 3.47. The van der Waals surface area contributed by atoms with E-state index in [1.165, 1.54) is 6.07 Å². The van der Waals surface area contributed by atoms with Crippen LogP contribution in [0.25, 0.3) is 0 Å². The highest BCUT2D eigenvalue weighted by Gasteiger charge is 2.26. The third-order valence-electron chi connectivity index (χ3n) is 4.93. The summed E-state index contributed by atoms with van der Waals surface area (Å²) in [5.74, 6) is 1.59.